The Bertz CT molecular complexity index is 473. The van der Waals surface area contributed by atoms with Gasteiger partial charge in [0.1, 0.15) is 0 Å². The summed E-state index contributed by atoms with van der Waals surface area (Å²) in [6.07, 6.45) is 9.30. The minimum atomic E-state index is 0.474. The van der Waals surface area contributed by atoms with Gasteiger partial charge in [-0.2, -0.15) is 0 Å². The fraction of sp³-hybridized carbons (Fsp3) is 0.722. The molecule has 2 fully saturated rings. The molecule has 1 saturated carbocycles. The number of guanidine groups is 1. The van der Waals surface area contributed by atoms with Gasteiger partial charge in [0.2, 0.25) is 0 Å². The van der Waals surface area contributed by atoms with Crippen molar-refractivity contribution in [1.29, 1.82) is 0 Å². The van der Waals surface area contributed by atoms with E-state index in [2.05, 4.69) is 38.0 Å². The summed E-state index contributed by atoms with van der Waals surface area (Å²) in [5.41, 5.74) is 0. The number of likely N-dealkylation sites (tertiary alicyclic amines) is 1. The van der Waals surface area contributed by atoms with Crippen LogP contribution in [0, 0.1) is 0 Å². The SMILES string of the molecule is CN=C(NCC(c1cccs1)N1CCCC1)NC1CCCCC1. The van der Waals surface area contributed by atoms with Crippen molar-refractivity contribution in [3.8, 4) is 0 Å². The van der Waals surface area contributed by atoms with Gasteiger partial charge in [0.15, 0.2) is 5.96 Å². The molecule has 1 aliphatic carbocycles. The molecule has 1 saturated heterocycles. The van der Waals surface area contributed by atoms with Crippen LogP contribution in [0.25, 0.3) is 0 Å². The molecule has 1 unspecified atom stereocenters. The van der Waals surface area contributed by atoms with E-state index >= 15 is 0 Å². The largest absolute Gasteiger partial charge is 0.354 e. The first-order chi connectivity index (χ1) is 11.4. The molecule has 0 aromatic carbocycles. The summed E-state index contributed by atoms with van der Waals surface area (Å²) >= 11 is 1.87. The Balaban J connectivity index is 1.56. The molecular formula is C18H30N4S. The first-order valence-corrected chi connectivity index (χ1v) is 9.99. The third-order valence-corrected chi connectivity index (χ3v) is 6.06. The van der Waals surface area contributed by atoms with E-state index in [9.17, 15) is 0 Å². The molecule has 2 aliphatic rings. The molecule has 0 spiro atoms. The van der Waals surface area contributed by atoms with Crippen molar-refractivity contribution in [2.24, 2.45) is 4.99 Å². The monoisotopic (exact) mass is 334 g/mol. The molecule has 5 heteroatoms. The van der Waals surface area contributed by atoms with E-state index in [0.717, 1.165) is 12.5 Å². The molecule has 4 nitrogen and oxygen atoms in total. The van der Waals surface area contributed by atoms with Gasteiger partial charge < -0.3 is 10.6 Å². The van der Waals surface area contributed by atoms with Crippen molar-refractivity contribution in [2.45, 2.75) is 57.0 Å². The highest BCUT2D eigenvalue weighted by atomic mass is 32.1. The Morgan fingerprint density at radius 2 is 2.04 bits per heavy atom. The summed E-state index contributed by atoms with van der Waals surface area (Å²) in [6.45, 7) is 3.38. The number of thiophene rings is 1. The van der Waals surface area contributed by atoms with Crippen LogP contribution in [0.2, 0.25) is 0 Å². The molecule has 0 bridgehead atoms. The van der Waals surface area contributed by atoms with Crippen LogP contribution in [0.5, 0.6) is 0 Å². The zero-order chi connectivity index (χ0) is 15.9. The Kier molecular flexibility index (Phi) is 6.34. The number of nitrogens with zero attached hydrogens (tertiary/aromatic N) is 2. The maximum atomic E-state index is 4.44. The van der Waals surface area contributed by atoms with Crippen LogP contribution in [-0.2, 0) is 0 Å². The third-order valence-electron chi connectivity index (χ3n) is 5.09. The highest BCUT2D eigenvalue weighted by Gasteiger charge is 2.24. The van der Waals surface area contributed by atoms with Crippen molar-refractivity contribution in [2.75, 3.05) is 26.7 Å². The van der Waals surface area contributed by atoms with E-state index in [-0.39, 0.29) is 0 Å². The number of nitrogens with one attached hydrogen (secondary N) is 2. The van der Waals surface area contributed by atoms with Crippen LogP contribution in [0.4, 0.5) is 0 Å². The number of rotatable bonds is 5. The predicted octanol–water partition coefficient (Wildman–Crippen LogP) is 3.38. The van der Waals surface area contributed by atoms with Crippen molar-refractivity contribution < 1.29 is 0 Å². The van der Waals surface area contributed by atoms with E-state index in [4.69, 9.17) is 0 Å². The Hall–Kier alpha value is -1.07. The summed E-state index contributed by atoms with van der Waals surface area (Å²) in [6, 6.07) is 5.51. The maximum absolute atomic E-state index is 4.44. The minimum Gasteiger partial charge on any atom is -0.354 e. The fourth-order valence-corrected chi connectivity index (χ4v) is 4.63. The van der Waals surface area contributed by atoms with E-state index in [1.807, 2.05) is 18.4 Å². The van der Waals surface area contributed by atoms with E-state index < -0.39 is 0 Å². The van der Waals surface area contributed by atoms with E-state index in [1.165, 1.54) is 62.9 Å². The van der Waals surface area contributed by atoms with E-state index in [1.54, 1.807) is 0 Å². The highest BCUT2D eigenvalue weighted by molar-refractivity contribution is 7.10. The molecule has 0 amide bonds. The molecule has 0 radical (unpaired) electrons. The molecular weight excluding hydrogens is 304 g/mol. The molecule has 1 atom stereocenters. The van der Waals surface area contributed by atoms with Gasteiger partial charge >= 0.3 is 0 Å². The van der Waals surface area contributed by atoms with Crippen LogP contribution in [0.1, 0.15) is 55.9 Å². The standard InChI is InChI=1S/C18H30N4S/c1-19-18(21-15-8-3-2-4-9-15)20-14-16(17-10-7-13-23-17)22-11-5-6-12-22/h7,10,13,15-16H,2-6,8-9,11-12,14H2,1H3,(H2,19,20,21). The number of aliphatic imine (C=N–C) groups is 1. The first-order valence-electron chi connectivity index (χ1n) is 9.11. The average Bonchev–Trinajstić information content (AvgIpc) is 3.29. The summed E-state index contributed by atoms with van der Waals surface area (Å²) in [5.74, 6) is 0.970. The van der Waals surface area contributed by atoms with Crippen LogP contribution in [0.3, 0.4) is 0 Å². The molecule has 1 aromatic rings. The lowest BCUT2D eigenvalue weighted by atomic mass is 9.96. The topological polar surface area (TPSA) is 39.7 Å². The van der Waals surface area contributed by atoms with Gasteiger partial charge in [-0.3, -0.25) is 9.89 Å². The van der Waals surface area contributed by atoms with Crippen molar-refractivity contribution >= 4 is 17.3 Å². The zero-order valence-corrected chi connectivity index (χ0v) is 15.1. The second-order valence-electron chi connectivity index (χ2n) is 6.71. The van der Waals surface area contributed by atoms with Crippen LogP contribution < -0.4 is 10.6 Å². The van der Waals surface area contributed by atoms with Crippen LogP contribution >= 0.6 is 11.3 Å². The second kappa shape index (κ2) is 8.69. The fourth-order valence-electron chi connectivity index (χ4n) is 3.77. The predicted molar refractivity (Wildman–Crippen MR) is 99.2 cm³/mol. The Morgan fingerprint density at radius 1 is 1.26 bits per heavy atom. The van der Waals surface area contributed by atoms with Crippen LogP contribution in [0.15, 0.2) is 22.5 Å². The zero-order valence-electron chi connectivity index (χ0n) is 14.3. The highest BCUT2D eigenvalue weighted by Crippen LogP contribution is 2.27. The molecule has 23 heavy (non-hydrogen) atoms. The molecule has 1 aliphatic heterocycles. The van der Waals surface area contributed by atoms with Crippen molar-refractivity contribution in [3.63, 3.8) is 0 Å². The van der Waals surface area contributed by atoms with Crippen LogP contribution in [-0.4, -0.2) is 43.6 Å². The van der Waals surface area contributed by atoms with E-state index in [0.29, 0.717) is 12.1 Å². The van der Waals surface area contributed by atoms with Gasteiger partial charge in [0.25, 0.3) is 0 Å². The lowest BCUT2D eigenvalue weighted by molar-refractivity contribution is 0.248. The summed E-state index contributed by atoms with van der Waals surface area (Å²) < 4.78 is 0. The number of hydrogen-bond acceptors (Lipinski definition) is 3. The lowest BCUT2D eigenvalue weighted by Crippen LogP contribution is -2.46. The Morgan fingerprint density at radius 3 is 2.70 bits per heavy atom. The summed E-state index contributed by atoms with van der Waals surface area (Å²) in [5, 5.41) is 9.39. The van der Waals surface area contributed by atoms with Gasteiger partial charge in [-0.15, -0.1) is 11.3 Å². The third kappa shape index (κ3) is 4.70. The lowest BCUT2D eigenvalue weighted by Gasteiger charge is -2.29. The smallest absolute Gasteiger partial charge is 0.191 e. The van der Waals surface area contributed by atoms with Gasteiger partial charge in [-0.25, -0.2) is 0 Å². The second-order valence-corrected chi connectivity index (χ2v) is 7.69. The van der Waals surface area contributed by atoms with Gasteiger partial charge in [0, 0.05) is 24.5 Å². The molecule has 128 valence electrons. The van der Waals surface area contributed by atoms with Crippen molar-refractivity contribution in [3.05, 3.63) is 22.4 Å². The van der Waals surface area contributed by atoms with Gasteiger partial charge in [-0.1, -0.05) is 25.3 Å². The number of hydrogen-bond donors (Lipinski definition) is 2. The molecule has 2 heterocycles. The first kappa shape index (κ1) is 16.8. The summed E-state index contributed by atoms with van der Waals surface area (Å²) in [7, 11) is 1.88. The molecule has 2 N–H and O–H groups in total. The summed E-state index contributed by atoms with van der Waals surface area (Å²) in [4.78, 5) is 8.52. The van der Waals surface area contributed by atoms with Crippen molar-refractivity contribution in [1.82, 2.24) is 15.5 Å². The Labute approximate surface area is 144 Å². The maximum Gasteiger partial charge on any atom is 0.191 e. The van der Waals surface area contributed by atoms with Gasteiger partial charge in [-0.05, 0) is 50.2 Å². The van der Waals surface area contributed by atoms with Gasteiger partial charge in [0.05, 0.1) is 6.04 Å². The molecule has 1 aromatic heterocycles. The minimum absolute atomic E-state index is 0.474. The average molecular weight is 335 g/mol. The molecule has 3 rings (SSSR count). The normalized spacial score (nSPS) is 22.2. The quantitative estimate of drug-likeness (QED) is 0.640.